The first-order valence-corrected chi connectivity index (χ1v) is 10.2. The van der Waals surface area contributed by atoms with Gasteiger partial charge in [-0.05, 0) is 37.3 Å². The Kier molecular flexibility index (Phi) is 7.53. The monoisotopic (exact) mass is 435 g/mol. The number of nitrogens with zero attached hydrogens (tertiary/aromatic N) is 1. The molecule has 0 aromatic heterocycles. The van der Waals surface area contributed by atoms with Crippen molar-refractivity contribution in [1.82, 2.24) is 10.6 Å². The molecule has 0 spiro atoms. The molecule has 4 unspecified atom stereocenters. The molecule has 1 aromatic carbocycles. The molecule has 29 heavy (non-hydrogen) atoms. The van der Waals surface area contributed by atoms with Crippen LogP contribution >= 0.6 is 12.4 Å². The first-order chi connectivity index (χ1) is 13.5. The summed E-state index contributed by atoms with van der Waals surface area (Å²) in [5, 5.41) is 7.42. The minimum absolute atomic E-state index is 0. The minimum Gasteiger partial charge on any atom is -0.406 e. The molecule has 9 heteroatoms. The maximum atomic E-state index is 12.5. The fourth-order valence-electron chi connectivity index (χ4n) is 4.85. The molecule has 2 saturated heterocycles. The summed E-state index contributed by atoms with van der Waals surface area (Å²) in [6.07, 6.45) is -0.0573. The third-order valence-electron chi connectivity index (χ3n) is 6.09. The maximum absolute atomic E-state index is 12.5. The SMILES string of the molecule is Cl.FC(F)(F)Oc1cccc(N2CCC(NC3CCCC3C3COCCN3)C2)c1. The Balaban J connectivity index is 0.00000240. The number of nitrogens with one attached hydrogen (secondary N) is 2. The molecule has 2 heterocycles. The highest BCUT2D eigenvalue weighted by Gasteiger charge is 2.37. The summed E-state index contributed by atoms with van der Waals surface area (Å²) in [5.41, 5.74) is 0.774. The van der Waals surface area contributed by atoms with E-state index in [1.54, 1.807) is 6.07 Å². The van der Waals surface area contributed by atoms with Gasteiger partial charge in [0.05, 0.1) is 13.2 Å². The van der Waals surface area contributed by atoms with Crippen molar-refractivity contribution in [2.75, 3.05) is 37.7 Å². The molecule has 4 rings (SSSR count). The van der Waals surface area contributed by atoms with Crippen LogP contribution in [0.1, 0.15) is 25.7 Å². The first-order valence-electron chi connectivity index (χ1n) is 10.2. The number of hydrogen-bond donors (Lipinski definition) is 2. The van der Waals surface area contributed by atoms with Crippen molar-refractivity contribution in [3.05, 3.63) is 24.3 Å². The molecule has 1 saturated carbocycles. The number of hydrogen-bond acceptors (Lipinski definition) is 5. The Morgan fingerprint density at radius 3 is 2.83 bits per heavy atom. The third kappa shape index (κ3) is 5.90. The van der Waals surface area contributed by atoms with Gasteiger partial charge in [-0.2, -0.15) is 0 Å². The predicted octanol–water partition coefficient (Wildman–Crippen LogP) is 3.33. The van der Waals surface area contributed by atoms with Crippen LogP contribution in [0.25, 0.3) is 0 Å². The lowest BCUT2D eigenvalue weighted by Crippen LogP contribution is -2.52. The number of rotatable bonds is 5. The van der Waals surface area contributed by atoms with Gasteiger partial charge in [-0.15, -0.1) is 25.6 Å². The lowest BCUT2D eigenvalue weighted by Gasteiger charge is -2.34. The van der Waals surface area contributed by atoms with Crippen molar-refractivity contribution < 1.29 is 22.6 Å². The van der Waals surface area contributed by atoms with Crippen LogP contribution in [0.2, 0.25) is 0 Å². The molecular formula is C20H29ClF3N3O2. The number of morpholine rings is 1. The van der Waals surface area contributed by atoms with Gasteiger partial charge in [0.1, 0.15) is 5.75 Å². The van der Waals surface area contributed by atoms with Crippen LogP contribution in [-0.2, 0) is 4.74 Å². The van der Waals surface area contributed by atoms with Crippen molar-refractivity contribution in [1.29, 1.82) is 0 Å². The van der Waals surface area contributed by atoms with E-state index in [1.807, 2.05) is 6.07 Å². The van der Waals surface area contributed by atoms with Gasteiger partial charge >= 0.3 is 6.36 Å². The van der Waals surface area contributed by atoms with Gasteiger partial charge in [-0.1, -0.05) is 12.5 Å². The summed E-state index contributed by atoms with van der Waals surface area (Å²) in [5.74, 6) is 0.415. The molecule has 4 atom stereocenters. The zero-order valence-corrected chi connectivity index (χ0v) is 17.1. The van der Waals surface area contributed by atoms with E-state index in [2.05, 4.69) is 20.3 Å². The van der Waals surface area contributed by atoms with Crippen molar-refractivity contribution >= 4 is 18.1 Å². The fourth-order valence-corrected chi connectivity index (χ4v) is 4.85. The van der Waals surface area contributed by atoms with E-state index in [-0.39, 0.29) is 18.2 Å². The Labute approximate surface area is 175 Å². The number of benzene rings is 1. The van der Waals surface area contributed by atoms with Crippen LogP contribution in [0, 0.1) is 5.92 Å². The number of anilines is 1. The van der Waals surface area contributed by atoms with Gasteiger partial charge in [0.2, 0.25) is 0 Å². The van der Waals surface area contributed by atoms with Gasteiger partial charge in [0.15, 0.2) is 0 Å². The highest BCUT2D eigenvalue weighted by molar-refractivity contribution is 5.85. The average molecular weight is 436 g/mol. The van der Waals surface area contributed by atoms with Crippen LogP contribution in [0.4, 0.5) is 18.9 Å². The summed E-state index contributed by atoms with van der Waals surface area (Å²) < 4.78 is 47.1. The van der Waals surface area contributed by atoms with Crippen molar-refractivity contribution in [3.63, 3.8) is 0 Å². The topological polar surface area (TPSA) is 45.8 Å². The Morgan fingerprint density at radius 2 is 2.07 bits per heavy atom. The van der Waals surface area contributed by atoms with Gasteiger partial charge in [0, 0.05) is 49.5 Å². The molecule has 164 valence electrons. The highest BCUT2D eigenvalue weighted by Crippen LogP contribution is 2.32. The largest absolute Gasteiger partial charge is 0.573 e. The van der Waals surface area contributed by atoms with Crippen molar-refractivity contribution in [2.45, 2.75) is 50.2 Å². The molecule has 0 amide bonds. The smallest absolute Gasteiger partial charge is 0.406 e. The predicted molar refractivity (Wildman–Crippen MR) is 108 cm³/mol. The Bertz CT molecular complexity index is 658. The molecule has 5 nitrogen and oxygen atoms in total. The quantitative estimate of drug-likeness (QED) is 0.742. The lowest BCUT2D eigenvalue weighted by molar-refractivity contribution is -0.274. The van der Waals surface area contributed by atoms with Gasteiger partial charge in [-0.3, -0.25) is 0 Å². The summed E-state index contributed by atoms with van der Waals surface area (Å²) in [6.45, 7) is 4.12. The van der Waals surface area contributed by atoms with E-state index in [0.29, 0.717) is 24.0 Å². The molecular weight excluding hydrogens is 407 g/mol. The summed E-state index contributed by atoms with van der Waals surface area (Å²) in [6, 6.07) is 7.50. The molecule has 2 aliphatic heterocycles. The van der Waals surface area contributed by atoms with Crippen LogP contribution in [-0.4, -0.2) is 57.3 Å². The van der Waals surface area contributed by atoms with Gasteiger partial charge in [-0.25, -0.2) is 0 Å². The molecule has 0 radical (unpaired) electrons. The second-order valence-corrected chi connectivity index (χ2v) is 7.98. The lowest BCUT2D eigenvalue weighted by atomic mass is 9.93. The third-order valence-corrected chi connectivity index (χ3v) is 6.09. The summed E-state index contributed by atoms with van der Waals surface area (Å²) >= 11 is 0. The first kappa shape index (κ1) is 22.5. The van der Waals surface area contributed by atoms with Crippen molar-refractivity contribution in [3.8, 4) is 5.75 Å². The van der Waals surface area contributed by atoms with Crippen LogP contribution < -0.4 is 20.3 Å². The highest BCUT2D eigenvalue weighted by atomic mass is 35.5. The normalized spacial score (nSPS) is 30.2. The van der Waals surface area contributed by atoms with Crippen LogP contribution in [0.15, 0.2) is 24.3 Å². The van der Waals surface area contributed by atoms with Gasteiger partial charge < -0.3 is 25.0 Å². The molecule has 3 fully saturated rings. The second-order valence-electron chi connectivity index (χ2n) is 7.98. The zero-order chi connectivity index (χ0) is 19.6. The standard InChI is InChI=1S/C20H28F3N3O2.ClH/c21-20(22,23)28-16-4-1-3-15(11-16)26-9-7-14(12-26)25-18-6-2-5-17(18)19-13-27-10-8-24-19;/h1,3-4,11,14,17-19,24-25H,2,5-10,12-13H2;1H. The number of halogens is 4. The molecule has 2 N–H and O–H groups in total. The number of alkyl halides is 3. The van der Waals surface area contributed by atoms with E-state index in [0.717, 1.165) is 45.0 Å². The van der Waals surface area contributed by atoms with E-state index < -0.39 is 6.36 Å². The van der Waals surface area contributed by atoms with Gasteiger partial charge in [0.25, 0.3) is 0 Å². The summed E-state index contributed by atoms with van der Waals surface area (Å²) in [7, 11) is 0. The maximum Gasteiger partial charge on any atom is 0.573 e. The molecule has 1 aromatic rings. The molecule has 0 bridgehead atoms. The van der Waals surface area contributed by atoms with E-state index in [4.69, 9.17) is 4.74 Å². The molecule has 1 aliphatic carbocycles. The zero-order valence-electron chi connectivity index (χ0n) is 16.3. The fraction of sp³-hybridized carbons (Fsp3) is 0.700. The Hall–Kier alpha value is -1.22. The van der Waals surface area contributed by atoms with E-state index >= 15 is 0 Å². The Morgan fingerprint density at radius 1 is 1.21 bits per heavy atom. The average Bonchev–Trinajstić information content (AvgIpc) is 3.31. The summed E-state index contributed by atoms with van der Waals surface area (Å²) in [4.78, 5) is 2.13. The molecule has 3 aliphatic rings. The van der Waals surface area contributed by atoms with E-state index in [1.165, 1.54) is 31.4 Å². The minimum atomic E-state index is -4.66. The van der Waals surface area contributed by atoms with Crippen LogP contribution in [0.5, 0.6) is 5.75 Å². The van der Waals surface area contributed by atoms with Crippen molar-refractivity contribution in [2.24, 2.45) is 5.92 Å². The second kappa shape index (κ2) is 9.73. The van der Waals surface area contributed by atoms with E-state index in [9.17, 15) is 13.2 Å². The van der Waals surface area contributed by atoms with Crippen LogP contribution in [0.3, 0.4) is 0 Å². The number of ether oxygens (including phenoxy) is 2.